The van der Waals surface area contributed by atoms with Crippen LogP contribution in [-0.2, 0) is 4.79 Å². The lowest BCUT2D eigenvalue weighted by Gasteiger charge is -2.31. The fraction of sp³-hybridized carbons (Fsp3) is 0.632. The Kier molecular flexibility index (Phi) is 6.39. The summed E-state index contributed by atoms with van der Waals surface area (Å²) in [5.41, 5.74) is 0.618. The van der Waals surface area contributed by atoms with Gasteiger partial charge in [-0.25, -0.2) is 0 Å². The lowest BCUT2D eigenvalue weighted by Crippen LogP contribution is -2.44. The summed E-state index contributed by atoms with van der Waals surface area (Å²) >= 11 is 0. The van der Waals surface area contributed by atoms with Gasteiger partial charge in [-0.05, 0) is 50.9 Å². The second kappa shape index (κ2) is 8.94. The van der Waals surface area contributed by atoms with Gasteiger partial charge in [-0.2, -0.15) is 0 Å². The van der Waals surface area contributed by atoms with E-state index in [2.05, 4.69) is 15.2 Å². The molecule has 136 valence electrons. The molecule has 3 rings (SSSR count). The Hall–Kier alpha value is -1.95. The van der Waals surface area contributed by atoms with Crippen LogP contribution in [0.15, 0.2) is 24.5 Å². The van der Waals surface area contributed by atoms with Crippen LogP contribution >= 0.6 is 0 Å². The van der Waals surface area contributed by atoms with Gasteiger partial charge < -0.3 is 15.1 Å². The van der Waals surface area contributed by atoms with Crippen LogP contribution in [0.25, 0.3) is 0 Å². The summed E-state index contributed by atoms with van der Waals surface area (Å²) in [6, 6.07) is 3.56. The molecule has 0 spiro atoms. The first-order valence-corrected chi connectivity index (χ1v) is 9.43. The molecule has 1 N–H and O–H groups in total. The maximum absolute atomic E-state index is 12.4. The van der Waals surface area contributed by atoms with Gasteiger partial charge in [0.15, 0.2) is 0 Å². The summed E-state index contributed by atoms with van der Waals surface area (Å²) in [7, 11) is 0. The molecule has 2 saturated heterocycles. The number of piperidine rings is 2. The van der Waals surface area contributed by atoms with E-state index in [0.717, 1.165) is 39.0 Å². The van der Waals surface area contributed by atoms with E-state index in [0.29, 0.717) is 18.7 Å². The lowest BCUT2D eigenvalue weighted by molar-refractivity contribution is -0.126. The number of pyridine rings is 1. The molecule has 0 aliphatic carbocycles. The SMILES string of the molecule is O=C(NCCN1CCCCC1)C1CCN(C(=O)c2cccnc2)CC1. The molecule has 2 aliphatic rings. The minimum atomic E-state index is 0.0112. The van der Waals surface area contributed by atoms with Crippen LogP contribution in [0.3, 0.4) is 0 Å². The molecule has 0 aromatic carbocycles. The molecule has 0 radical (unpaired) electrons. The van der Waals surface area contributed by atoms with Crippen molar-refractivity contribution in [1.29, 1.82) is 0 Å². The van der Waals surface area contributed by atoms with Gasteiger partial charge in [0.05, 0.1) is 5.56 Å². The third-order valence-corrected chi connectivity index (χ3v) is 5.24. The lowest BCUT2D eigenvalue weighted by atomic mass is 9.95. The summed E-state index contributed by atoms with van der Waals surface area (Å²) in [5, 5.41) is 3.08. The molecular formula is C19H28N4O2. The van der Waals surface area contributed by atoms with E-state index in [1.807, 2.05) is 4.90 Å². The maximum atomic E-state index is 12.4. The Morgan fingerprint density at radius 2 is 1.88 bits per heavy atom. The highest BCUT2D eigenvalue weighted by Gasteiger charge is 2.27. The van der Waals surface area contributed by atoms with Crippen molar-refractivity contribution in [2.75, 3.05) is 39.3 Å². The van der Waals surface area contributed by atoms with Gasteiger partial charge in [0.25, 0.3) is 5.91 Å². The average Bonchev–Trinajstić information content (AvgIpc) is 2.69. The smallest absolute Gasteiger partial charge is 0.255 e. The number of carbonyl (C=O) groups excluding carboxylic acids is 2. The standard InChI is InChI=1S/C19H28N4O2/c24-18(21-9-14-22-10-2-1-3-11-22)16-6-12-23(13-7-16)19(25)17-5-4-8-20-15-17/h4-5,8,15-16H,1-3,6-7,9-14H2,(H,21,24). The first-order valence-electron chi connectivity index (χ1n) is 9.43. The Labute approximate surface area is 149 Å². The molecule has 0 unspecified atom stereocenters. The van der Waals surface area contributed by atoms with Gasteiger partial charge in [-0.1, -0.05) is 6.42 Å². The zero-order chi connectivity index (χ0) is 17.5. The zero-order valence-electron chi connectivity index (χ0n) is 14.8. The van der Waals surface area contributed by atoms with Crippen molar-refractivity contribution in [1.82, 2.24) is 20.1 Å². The van der Waals surface area contributed by atoms with Crippen LogP contribution in [-0.4, -0.2) is 65.9 Å². The summed E-state index contributed by atoms with van der Waals surface area (Å²) < 4.78 is 0. The van der Waals surface area contributed by atoms with Crippen LogP contribution in [0.2, 0.25) is 0 Å². The average molecular weight is 344 g/mol. The van der Waals surface area contributed by atoms with Gasteiger partial charge in [0.2, 0.25) is 5.91 Å². The van der Waals surface area contributed by atoms with Crippen molar-refractivity contribution in [3.05, 3.63) is 30.1 Å². The van der Waals surface area contributed by atoms with Gasteiger partial charge in [0, 0.05) is 44.5 Å². The summed E-state index contributed by atoms with van der Waals surface area (Å²) in [4.78, 5) is 33.0. The van der Waals surface area contributed by atoms with Crippen molar-refractivity contribution in [2.24, 2.45) is 5.92 Å². The van der Waals surface area contributed by atoms with E-state index >= 15 is 0 Å². The van der Waals surface area contributed by atoms with Crippen LogP contribution in [0.5, 0.6) is 0 Å². The Bertz CT molecular complexity index is 564. The number of likely N-dealkylation sites (tertiary alicyclic amines) is 2. The van der Waals surface area contributed by atoms with E-state index < -0.39 is 0 Å². The molecule has 3 heterocycles. The van der Waals surface area contributed by atoms with Gasteiger partial charge in [-0.15, -0.1) is 0 Å². The van der Waals surface area contributed by atoms with Crippen LogP contribution in [0.4, 0.5) is 0 Å². The fourth-order valence-corrected chi connectivity index (χ4v) is 3.68. The van der Waals surface area contributed by atoms with Crippen LogP contribution in [0, 0.1) is 5.92 Å². The van der Waals surface area contributed by atoms with Crippen molar-refractivity contribution in [3.63, 3.8) is 0 Å². The van der Waals surface area contributed by atoms with Crippen molar-refractivity contribution in [2.45, 2.75) is 32.1 Å². The monoisotopic (exact) mass is 344 g/mol. The molecular weight excluding hydrogens is 316 g/mol. The second-order valence-electron chi connectivity index (χ2n) is 7.00. The fourth-order valence-electron chi connectivity index (χ4n) is 3.68. The number of carbonyl (C=O) groups is 2. The van der Waals surface area contributed by atoms with Gasteiger partial charge in [0.1, 0.15) is 0 Å². The molecule has 0 atom stereocenters. The van der Waals surface area contributed by atoms with E-state index in [4.69, 9.17) is 0 Å². The summed E-state index contributed by atoms with van der Waals surface area (Å²) in [5.74, 6) is 0.182. The molecule has 2 fully saturated rings. The molecule has 0 saturated carbocycles. The van der Waals surface area contributed by atoms with Gasteiger partial charge >= 0.3 is 0 Å². The third-order valence-electron chi connectivity index (χ3n) is 5.24. The van der Waals surface area contributed by atoms with E-state index in [-0.39, 0.29) is 17.7 Å². The maximum Gasteiger partial charge on any atom is 0.255 e. The minimum absolute atomic E-state index is 0.0112. The van der Waals surface area contributed by atoms with Crippen LogP contribution in [0.1, 0.15) is 42.5 Å². The first-order chi connectivity index (χ1) is 12.2. The first kappa shape index (κ1) is 17.9. The second-order valence-corrected chi connectivity index (χ2v) is 7.00. The van der Waals surface area contributed by atoms with E-state index in [1.165, 1.54) is 19.3 Å². The number of hydrogen-bond donors (Lipinski definition) is 1. The largest absolute Gasteiger partial charge is 0.355 e. The number of rotatable bonds is 5. The van der Waals surface area contributed by atoms with E-state index in [9.17, 15) is 9.59 Å². The zero-order valence-corrected chi connectivity index (χ0v) is 14.8. The summed E-state index contributed by atoms with van der Waals surface area (Å²) in [6.07, 6.45) is 8.62. The Morgan fingerprint density at radius 1 is 1.12 bits per heavy atom. The number of nitrogens with zero attached hydrogens (tertiary/aromatic N) is 3. The molecule has 2 amide bonds. The number of aromatic nitrogens is 1. The summed E-state index contributed by atoms with van der Waals surface area (Å²) in [6.45, 7) is 5.27. The topological polar surface area (TPSA) is 65.5 Å². The molecule has 6 heteroatoms. The minimum Gasteiger partial charge on any atom is -0.355 e. The molecule has 1 aromatic rings. The number of nitrogens with one attached hydrogen (secondary N) is 1. The van der Waals surface area contributed by atoms with Gasteiger partial charge in [-0.3, -0.25) is 14.6 Å². The molecule has 25 heavy (non-hydrogen) atoms. The number of amides is 2. The Balaban J connectivity index is 1.38. The quantitative estimate of drug-likeness (QED) is 0.880. The predicted molar refractivity (Wildman–Crippen MR) is 96.2 cm³/mol. The van der Waals surface area contributed by atoms with E-state index in [1.54, 1.807) is 24.5 Å². The van der Waals surface area contributed by atoms with Crippen molar-refractivity contribution >= 4 is 11.8 Å². The van der Waals surface area contributed by atoms with Crippen molar-refractivity contribution < 1.29 is 9.59 Å². The Morgan fingerprint density at radius 3 is 2.56 bits per heavy atom. The third kappa shape index (κ3) is 5.01. The van der Waals surface area contributed by atoms with Crippen molar-refractivity contribution in [3.8, 4) is 0 Å². The molecule has 2 aliphatic heterocycles. The molecule has 6 nitrogen and oxygen atoms in total. The normalized spacial score (nSPS) is 19.6. The number of hydrogen-bond acceptors (Lipinski definition) is 4. The highest BCUT2D eigenvalue weighted by atomic mass is 16.2. The molecule has 0 bridgehead atoms. The highest BCUT2D eigenvalue weighted by Crippen LogP contribution is 2.19. The molecule has 1 aromatic heterocycles. The van der Waals surface area contributed by atoms with Crippen LogP contribution < -0.4 is 5.32 Å². The predicted octanol–water partition coefficient (Wildman–Crippen LogP) is 1.54. The highest BCUT2D eigenvalue weighted by molar-refractivity contribution is 5.94.